The van der Waals surface area contributed by atoms with Crippen molar-refractivity contribution in [1.82, 2.24) is 14.9 Å². The standard InChI is InChI=1S/C22H21N3O2/c1-16(23-22(26)20-12-7-15-27-20)21-24-18-10-5-6-11-19(18)25(21)14-13-17-8-3-2-4-9-17/h2-12,15-16H,13-14H2,1H3,(H,23,26)/t16-/m1/s1. The van der Waals surface area contributed by atoms with Crippen molar-refractivity contribution < 1.29 is 9.21 Å². The maximum atomic E-state index is 12.4. The fourth-order valence-corrected chi connectivity index (χ4v) is 3.29. The van der Waals surface area contributed by atoms with E-state index in [4.69, 9.17) is 9.40 Å². The number of hydrogen-bond donors (Lipinski definition) is 1. The molecule has 0 unspecified atom stereocenters. The lowest BCUT2D eigenvalue weighted by atomic mass is 10.1. The van der Waals surface area contributed by atoms with E-state index in [0.29, 0.717) is 5.76 Å². The van der Waals surface area contributed by atoms with Gasteiger partial charge in [-0.15, -0.1) is 0 Å². The number of para-hydroxylation sites is 2. The first-order valence-corrected chi connectivity index (χ1v) is 9.06. The number of nitrogens with zero attached hydrogens (tertiary/aromatic N) is 2. The lowest BCUT2D eigenvalue weighted by molar-refractivity contribution is 0.0909. The minimum Gasteiger partial charge on any atom is -0.459 e. The van der Waals surface area contributed by atoms with E-state index in [1.54, 1.807) is 12.1 Å². The summed E-state index contributed by atoms with van der Waals surface area (Å²) < 4.78 is 7.38. The molecule has 0 spiro atoms. The largest absolute Gasteiger partial charge is 0.459 e. The van der Waals surface area contributed by atoms with Crippen LogP contribution in [0.4, 0.5) is 0 Å². The summed E-state index contributed by atoms with van der Waals surface area (Å²) in [6, 6.07) is 21.5. The van der Waals surface area contributed by atoms with Gasteiger partial charge in [-0.05, 0) is 43.2 Å². The van der Waals surface area contributed by atoms with Gasteiger partial charge < -0.3 is 14.3 Å². The molecule has 0 bridgehead atoms. The number of aromatic nitrogens is 2. The van der Waals surface area contributed by atoms with Crippen LogP contribution in [0.15, 0.2) is 77.4 Å². The maximum Gasteiger partial charge on any atom is 0.287 e. The van der Waals surface area contributed by atoms with Gasteiger partial charge in [-0.1, -0.05) is 42.5 Å². The molecule has 1 N–H and O–H groups in total. The molecule has 2 aromatic carbocycles. The highest BCUT2D eigenvalue weighted by Crippen LogP contribution is 2.22. The summed E-state index contributed by atoms with van der Waals surface area (Å²) in [7, 11) is 0. The number of imidazole rings is 1. The van der Waals surface area contributed by atoms with E-state index >= 15 is 0 Å². The summed E-state index contributed by atoms with van der Waals surface area (Å²) in [5.41, 5.74) is 3.27. The number of aryl methyl sites for hydroxylation is 2. The number of carbonyl (C=O) groups is 1. The van der Waals surface area contributed by atoms with Crippen molar-refractivity contribution in [3.63, 3.8) is 0 Å². The quantitative estimate of drug-likeness (QED) is 0.556. The zero-order chi connectivity index (χ0) is 18.6. The first-order valence-electron chi connectivity index (χ1n) is 9.06. The number of carbonyl (C=O) groups excluding carboxylic acids is 1. The van der Waals surface area contributed by atoms with Gasteiger partial charge in [0.1, 0.15) is 5.82 Å². The Kier molecular flexibility index (Phi) is 4.75. The minimum atomic E-state index is -0.245. The van der Waals surface area contributed by atoms with E-state index in [0.717, 1.165) is 29.8 Å². The molecule has 4 aromatic rings. The van der Waals surface area contributed by atoms with Crippen LogP contribution in [0, 0.1) is 0 Å². The van der Waals surface area contributed by atoms with Gasteiger partial charge in [-0.25, -0.2) is 4.98 Å². The third-order valence-corrected chi connectivity index (χ3v) is 4.63. The number of rotatable bonds is 6. The van der Waals surface area contributed by atoms with Crippen molar-refractivity contribution >= 4 is 16.9 Å². The van der Waals surface area contributed by atoms with E-state index in [1.165, 1.54) is 11.8 Å². The Morgan fingerprint density at radius 2 is 1.85 bits per heavy atom. The molecule has 2 heterocycles. The van der Waals surface area contributed by atoms with Crippen molar-refractivity contribution in [3.8, 4) is 0 Å². The summed E-state index contributed by atoms with van der Waals surface area (Å²) in [6.45, 7) is 2.74. The molecule has 4 rings (SSSR count). The minimum absolute atomic E-state index is 0.242. The zero-order valence-corrected chi connectivity index (χ0v) is 15.1. The fraction of sp³-hybridized carbons (Fsp3) is 0.182. The van der Waals surface area contributed by atoms with Crippen molar-refractivity contribution in [3.05, 3.63) is 90.1 Å². The monoisotopic (exact) mass is 359 g/mol. The summed E-state index contributed by atoms with van der Waals surface area (Å²) in [5, 5.41) is 2.98. The normalized spacial score (nSPS) is 12.2. The maximum absolute atomic E-state index is 12.4. The van der Waals surface area contributed by atoms with Gasteiger partial charge in [0.05, 0.1) is 23.3 Å². The molecular weight excluding hydrogens is 338 g/mol. The van der Waals surface area contributed by atoms with E-state index in [1.807, 2.05) is 31.2 Å². The highest BCUT2D eigenvalue weighted by Gasteiger charge is 2.20. The molecular formula is C22H21N3O2. The van der Waals surface area contributed by atoms with Gasteiger partial charge in [0.25, 0.3) is 5.91 Å². The van der Waals surface area contributed by atoms with Crippen LogP contribution >= 0.6 is 0 Å². The second-order valence-electron chi connectivity index (χ2n) is 6.52. The first-order chi connectivity index (χ1) is 13.2. The van der Waals surface area contributed by atoms with Crippen LogP contribution < -0.4 is 5.32 Å². The Balaban J connectivity index is 1.62. The number of amides is 1. The van der Waals surface area contributed by atoms with Gasteiger partial charge >= 0.3 is 0 Å². The molecule has 1 amide bonds. The van der Waals surface area contributed by atoms with Crippen LogP contribution in [0.5, 0.6) is 0 Å². The summed E-state index contributed by atoms with van der Waals surface area (Å²) in [4.78, 5) is 17.1. The molecule has 0 aliphatic carbocycles. The smallest absolute Gasteiger partial charge is 0.287 e. The summed E-state index contributed by atoms with van der Waals surface area (Å²) in [5.74, 6) is 0.898. The highest BCUT2D eigenvalue weighted by atomic mass is 16.3. The topological polar surface area (TPSA) is 60.1 Å². The lowest BCUT2D eigenvalue weighted by Crippen LogP contribution is -2.28. The van der Waals surface area contributed by atoms with Gasteiger partial charge in [0, 0.05) is 6.54 Å². The Morgan fingerprint density at radius 3 is 2.63 bits per heavy atom. The molecule has 2 aromatic heterocycles. The van der Waals surface area contributed by atoms with Crippen LogP contribution in [-0.2, 0) is 13.0 Å². The lowest BCUT2D eigenvalue weighted by Gasteiger charge is -2.16. The number of furan rings is 1. The summed E-state index contributed by atoms with van der Waals surface area (Å²) in [6.07, 6.45) is 2.39. The second kappa shape index (κ2) is 7.50. The molecule has 1 atom stereocenters. The Bertz CT molecular complexity index is 1040. The van der Waals surface area contributed by atoms with Gasteiger partial charge in [-0.3, -0.25) is 4.79 Å². The predicted molar refractivity (Wildman–Crippen MR) is 104 cm³/mol. The molecule has 0 radical (unpaired) electrons. The Hall–Kier alpha value is -3.34. The first kappa shape index (κ1) is 17.1. The van der Waals surface area contributed by atoms with Crippen molar-refractivity contribution in [2.75, 3.05) is 0 Å². The van der Waals surface area contributed by atoms with E-state index < -0.39 is 0 Å². The number of nitrogens with one attached hydrogen (secondary N) is 1. The van der Waals surface area contributed by atoms with Crippen LogP contribution in [0.2, 0.25) is 0 Å². The van der Waals surface area contributed by atoms with Crippen molar-refractivity contribution in [1.29, 1.82) is 0 Å². The Morgan fingerprint density at radius 1 is 1.07 bits per heavy atom. The SMILES string of the molecule is C[C@@H](NC(=O)c1ccco1)c1nc2ccccc2n1CCc1ccccc1. The number of hydrogen-bond acceptors (Lipinski definition) is 3. The zero-order valence-electron chi connectivity index (χ0n) is 15.1. The van der Waals surface area contributed by atoms with E-state index in [9.17, 15) is 4.79 Å². The molecule has 0 saturated heterocycles. The third kappa shape index (κ3) is 3.62. The molecule has 27 heavy (non-hydrogen) atoms. The van der Waals surface area contributed by atoms with Crippen LogP contribution in [0.3, 0.4) is 0 Å². The fourth-order valence-electron chi connectivity index (χ4n) is 3.29. The number of benzene rings is 2. The molecule has 0 saturated carbocycles. The molecule has 5 heteroatoms. The van der Waals surface area contributed by atoms with Gasteiger partial charge in [0.15, 0.2) is 5.76 Å². The van der Waals surface area contributed by atoms with Gasteiger partial charge in [-0.2, -0.15) is 0 Å². The molecule has 0 aliphatic heterocycles. The third-order valence-electron chi connectivity index (χ3n) is 4.63. The van der Waals surface area contributed by atoms with Crippen LogP contribution in [0.25, 0.3) is 11.0 Å². The van der Waals surface area contributed by atoms with Crippen LogP contribution in [0.1, 0.15) is 34.9 Å². The average molecular weight is 359 g/mol. The average Bonchev–Trinajstić information content (AvgIpc) is 3.35. The number of fused-ring (bicyclic) bond motifs is 1. The van der Waals surface area contributed by atoms with Crippen LogP contribution in [-0.4, -0.2) is 15.5 Å². The second-order valence-corrected chi connectivity index (χ2v) is 6.52. The van der Waals surface area contributed by atoms with E-state index in [-0.39, 0.29) is 11.9 Å². The molecule has 136 valence electrons. The summed E-state index contributed by atoms with van der Waals surface area (Å²) >= 11 is 0. The molecule has 5 nitrogen and oxygen atoms in total. The highest BCUT2D eigenvalue weighted by molar-refractivity contribution is 5.91. The van der Waals surface area contributed by atoms with E-state index in [2.05, 4.69) is 40.2 Å². The van der Waals surface area contributed by atoms with Crippen molar-refractivity contribution in [2.45, 2.75) is 25.9 Å². The van der Waals surface area contributed by atoms with Crippen molar-refractivity contribution in [2.24, 2.45) is 0 Å². The molecule has 0 aliphatic rings. The Labute approximate surface area is 157 Å². The predicted octanol–water partition coefficient (Wildman–Crippen LogP) is 4.36. The molecule has 0 fully saturated rings. The van der Waals surface area contributed by atoms with Gasteiger partial charge in [0.2, 0.25) is 0 Å².